The number of pyridine rings is 1. The van der Waals surface area contributed by atoms with Gasteiger partial charge in [-0.1, -0.05) is 23.7 Å². The van der Waals surface area contributed by atoms with Crippen LogP contribution in [0.15, 0.2) is 36.7 Å². The quantitative estimate of drug-likeness (QED) is 0.622. The summed E-state index contributed by atoms with van der Waals surface area (Å²) in [5.74, 6) is -0.335. The molecule has 4 rings (SSSR count). The first-order valence-corrected chi connectivity index (χ1v) is 11.7. The number of hydrogen-bond donors (Lipinski definition) is 1. The number of piperazine rings is 1. The van der Waals surface area contributed by atoms with Crippen molar-refractivity contribution in [3.8, 4) is 11.1 Å². The van der Waals surface area contributed by atoms with Crippen LogP contribution < -0.4 is 4.90 Å². The van der Waals surface area contributed by atoms with Crippen LogP contribution in [0, 0.1) is 0 Å². The minimum Gasteiger partial charge on any atom is -0.346 e. The average Bonchev–Trinajstić information content (AvgIpc) is 3.10. The van der Waals surface area contributed by atoms with Gasteiger partial charge in [0.15, 0.2) is 0 Å². The summed E-state index contributed by atoms with van der Waals surface area (Å²) in [6, 6.07) is 7.03. The number of rotatable bonds is 5. The Bertz CT molecular complexity index is 1260. The van der Waals surface area contributed by atoms with E-state index >= 15 is 0 Å². The number of nitrogens with zero attached hydrogens (tertiary/aromatic N) is 3. The summed E-state index contributed by atoms with van der Waals surface area (Å²) in [4.78, 5) is 21.2. The van der Waals surface area contributed by atoms with Crippen molar-refractivity contribution in [3.05, 3.63) is 47.2 Å². The number of halogens is 3. The van der Waals surface area contributed by atoms with Gasteiger partial charge in [-0.3, -0.25) is 4.79 Å². The Labute approximate surface area is 182 Å². The molecule has 1 aromatic carbocycles. The number of amides is 1. The average molecular weight is 469 g/mol. The molecule has 0 saturated carbocycles. The third-order valence-corrected chi connectivity index (χ3v) is 6.86. The second-order valence-corrected chi connectivity index (χ2v) is 9.67. The molecule has 1 aliphatic rings. The molecule has 0 bridgehead atoms. The number of alkyl halides is 2. The molecule has 0 spiro atoms. The van der Waals surface area contributed by atoms with Crippen LogP contribution in [0.25, 0.3) is 22.2 Å². The lowest BCUT2D eigenvalue weighted by atomic mass is 10.0. The summed E-state index contributed by atoms with van der Waals surface area (Å²) in [5.41, 5.74) is 2.61. The molecule has 3 heterocycles. The Kier molecular flexibility index (Phi) is 5.71. The SMILES string of the molecule is CS(=O)(=O)N1CCN(c2cccc(-c3cnc4[nH]cc(CC(F)F)c4c3Cl)c2)C(=O)C1. The van der Waals surface area contributed by atoms with Gasteiger partial charge in [-0.15, -0.1) is 0 Å². The Hall–Kier alpha value is -2.56. The van der Waals surface area contributed by atoms with Gasteiger partial charge in [0.25, 0.3) is 0 Å². The van der Waals surface area contributed by atoms with E-state index in [0.717, 1.165) is 10.6 Å². The smallest absolute Gasteiger partial charge is 0.242 e. The predicted molar refractivity (Wildman–Crippen MR) is 115 cm³/mol. The molecule has 0 unspecified atom stereocenters. The van der Waals surface area contributed by atoms with Gasteiger partial charge >= 0.3 is 0 Å². The zero-order valence-corrected chi connectivity index (χ0v) is 18.1. The molecular weight excluding hydrogens is 450 g/mol. The molecule has 2 aromatic heterocycles. The first kappa shape index (κ1) is 21.7. The number of aromatic nitrogens is 2. The summed E-state index contributed by atoms with van der Waals surface area (Å²) in [7, 11) is -3.45. The number of carbonyl (C=O) groups is 1. The van der Waals surface area contributed by atoms with E-state index in [-0.39, 0.29) is 25.5 Å². The largest absolute Gasteiger partial charge is 0.346 e. The number of sulfonamides is 1. The molecule has 11 heteroatoms. The second-order valence-electron chi connectivity index (χ2n) is 7.31. The molecule has 0 radical (unpaired) electrons. The van der Waals surface area contributed by atoms with Gasteiger partial charge in [0.05, 0.1) is 17.8 Å². The maximum absolute atomic E-state index is 12.9. The van der Waals surface area contributed by atoms with E-state index < -0.39 is 22.9 Å². The van der Waals surface area contributed by atoms with Crippen molar-refractivity contribution in [2.45, 2.75) is 12.8 Å². The maximum atomic E-state index is 12.9. The zero-order chi connectivity index (χ0) is 22.3. The number of hydrogen-bond acceptors (Lipinski definition) is 4. The summed E-state index contributed by atoms with van der Waals surface area (Å²) >= 11 is 6.58. The van der Waals surface area contributed by atoms with Crippen LogP contribution in [0.2, 0.25) is 5.02 Å². The Morgan fingerprint density at radius 2 is 2.06 bits per heavy atom. The molecular formula is C20H19ClF2N4O3S. The van der Waals surface area contributed by atoms with Crippen LogP contribution in [0.4, 0.5) is 14.5 Å². The maximum Gasteiger partial charge on any atom is 0.242 e. The van der Waals surface area contributed by atoms with Crippen molar-refractivity contribution in [1.29, 1.82) is 0 Å². The number of benzene rings is 1. The molecule has 0 aliphatic carbocycles. The Morgan fingerprint density at radius 3 is 2.74 bits per heavy atom. The number of carbonyl (C=O) groups excluding carboxylic acids is 1. The first-order valence-electron chi connectivity index (χ1n) is 9.43. The van der Waals surface area contributed by atoms with Gasteiger partial charge in [0.2, 0.25) is 22.4 Å². The summed E-state index contributed by atoms with van der Waals surface area (Å²) in [6.07, 6.45) is 1.15. The normalized spacial score (nSPS) is 15.9. The van der Waals surface area contributed by atoms with Gasteiger partial charge in [0.1, 0.15) is 5.65 Å². The molecule has 1 amide bonds. The molecule has 31 heavy (non-hydrogen) atoms. The van der Waals surface area contributed by atoms with E-state index in [1.165, 1.54) is 11.1 Å². The van der Waals surface area contributed by atoms with E-state index in [0.29, 0.717) is 38.4 Å². The number of fused-ring (bicyclic) bond motifs is 1. The summed E-state index contributed by atoms with van der Waals surface area (Å²) < 4.78 is 50.4. The molecule has 7 nitrogen and oxygen atoms in total. The van der Waals surface area contributed by atoms with Gasteiger partial charge in [-0.25, -0.2) is 22.2 Å². The van der Waals surface area contributed by atoms with E-state index in [2.05, 4.69) is 9.97 Å². The lowest BCUT2D eigenvalue weighted by Crippen LogP contribution is -2.52. The van der Waals surface area contributed by atoms with Crippen LogP contribution in [0.5, 0.6) is 0 Å². The molecule has 164 valence electrons. The van der Waals surface area contributed by atoms with Crippen molar-refractivity contribution in [2.24, 2.45) is 0 Å². The van der Waals surface area contributed by atoms with Crippen LogP contribution in [-0.2, 0) is 21.2 Å². The third kappa shape index (κ3) is 4.28. The molecule has 1 saturated heterocycles. The molecule has 3 aromatic rings. The van der Waals surface area contributed by atoms with Gasteiger partial charge in [-0.05, 0) is 23.3 Å². The minimum absolute atomic E-state index is 0.198. The number of aromatic amines is 1. The topological polar surface area (TPSA) is 86.4 Å². The zero-order valence-electron chi connectivity index (χ0n) is 16.5. The minimum atomic E-state index is -3.45. The third-order valence-electron chi connectivity index (χ3n) is 5.22. The van der Waals surface area contributed by atoms with Crippen LogP contribution in [-0.4, -0.2) is 60.9 Å². The lowest BCUT2D eigenvalue weighted by Gasteiger charge is -2.33. The van der Waals surface area contributed by atoms with Crippen LogP contribution >= 0.6 is 11.6 Å². The molecule has 0 atom stereocenters. The van der Waals surface area contributed by atoms with E-state index in [4.69, 9.17) is 11.6 Å². The monoisotopic (exact) mass is 468 g/mol. The summed E-state index contributed by atoms with van der Waals surface area (Å²) in [6.45, 7) is 0.192. The standard InChI is InChI=1S/C20H19ClF2N4O3S/c1-31(29,30)26-5-6-27(17(28)11-26)14-4-2-3-12(7-14)15-10-25-20-18(19(15)21)13(9-24-20)8-16(22)23/h2-4,7,9-10,16H,5-6,8,11H2,1H3,(H,24,25). The molecule has 1 fully saturated rings. The highest BCUT2D eigenvalue weighted by Gasteiger charge is 2.30. The van der Waals surface area contributed by atoms with Crippen molar-refractivity contribution in [2.75, 3.05) is 30.8 Å². The van der Waals surface area contributed by atoms with Gasteiger partial charge in [-0.2, -0.15) is 4.31 Å². The van der Waals surface area contributed by atoms with E-state index in [1.807, 2.05) is 0 Å². The highest BCUT2D eigenvalue weighted by molar-refractivity contribution is 7.88. The van der Waals surface area contributed by atoms with Crippen LogP contribution in [0.3, 0.4) is 0 Å². The fraction of sp³-hybridized carbons (Fsp3) is 0.300. The Balaban J connectivity index is 1.68. The van der Waals surface area contributed by atoms with Crippen LogP contribution in [0.1, 0.15) is 5.56 Å². The first-order chi connectivity index (χ1) is 14.6. The second kappa shape index (κ2) is 8.18. The highest BCUT2D eigenvalue weighted by Crippen LogP contribution is 2.36. The van der Waals surface area contributed by atoms with Crippen molar-refractivity contribution in [1.82, 2.24) is 14.3 Å². The lowest BCUT2D eigenvalue weighted by molar-refractivity contribution is -0.119. The van der Waals surface area contributed by atoms with Gasteiger partial charge < -0.3 is 9.88 Å². The van der Waals surface area contributed by atoms with E-state index in [9.17, 15) is 22.0 Å². The highest BCUT2D eigenvalue weighted by atomic mass is 35.5. The number of H-pyrrole nitrogens is 1. The predicted octanol–water partition coefficient (Wildman–Crippen LogP) is 3.30. The summed E-state index contributed by atoms with van der Waals surface area (Å²) in [5, 5.41) is 0.745. The van der Waals surface area contributed by atoms with Gasteiger partial charge in [0, 0.05) is 48.5 Å². The Morgan fingerprint density at radius 1 is 1.29 bits per heavy atom. The molecule has 1 aliphatic heterocycles. The number of anilines is 1. The fourth-order valence-corrected chi connectivity index (χ4v) is 4.82. The number of nitrogens with one attached hydrogen (secondary N) is 1. The fourth-order valence-electron chi connectivity index (χ4n) is 3.70. The van der Waals surface area contributed by atoms with Crippen molar-refractivity contribution < 1.29 is 22.0 Å². The van der Waals surface area contributed by atoms with E-state index in [1.54, 1.807) is 30.5 Å². The van der Waals surface area contributed by atoms with Crippen molar-refractivity contribution in [3.63, 3.8) is 0 Å². The van der Waals surface area contributed by atoms with Crippen molar-refractivity contribution >= 4 is 44.3 Å². The molecule has 1 N–H and O–H groups in total.